The molecule has 1 aliphatic rings. The molecule has 1 unspecified atom stereocenters. The van der Waals surface area contributed by atoms with Crippen LogP contribution in [0, 0.1) is 5.92 Å². The Labute approximate surface area is 158 Å². The van der Waals surface area contributed by atoms with Gasteiger partial charge in [0.1, 0.15) is 0 Å². The molecular formula is C19H26N2O4S. The molecule has 1 heterocycles. The molecule has 1 saturated heterocycles. The summed E-state index contributed by atoms with van der Waals surface area (Å²) in [5.41, 5.74) is 1.03. The number of nitrogens with one attached hydrogen (secondary N) is 1. The van der Waals surface area contributed by atoms with Crippen molar-refractivity contribution >= 4 is 28.9 Å². The van der Waals surface area contributed by atoms with Gasteiger partial charge in [0.05, 0.1) is 12.5 Å². The van der Waals surface area contributed by atoms with E-state index < -0.39 is 5.97 Å². The lowest BCUT2D eigenvalue weighted by Gasteiger charge is -2.21. The topological polar surface area (TPSA) is 75.7 Å². The number of hydrogen-bond donors (Lipinski definition) is 1. The average Bonchev–Trinajstić information content (AvgIpc) is 3.03. The molecule has 1 N–H and O–H groups in total. The minimum absolute atomic E-state index is 0.00469. The zero-order chi connectivity index (χ0) is 18.9. The maximum absolute atomic E-state index is 12.2. The van der Waals surface area contributed by atoms with Gasteiger partial charge in [0, 0.05) is 18.8 Å². The Morgan fingerprint density at radius 2 is 2.00 bits per heavy atom. The van der Waals surface area contributed by atoms with Crippen LogP contribution in [-0.4, -0.2) is 47.5 Å². The van der Waals surface area contributed by atoms with Gasteiger partial charge in [-0.15, -0.1) is 0 Å². The van der Waals surface area contributed by atoms with Crippen LogP contribution in [-0.2, 0) is 14.3 Å². The maximum atomic E-state index is 12.2. The van der Waals surface area contributed by atoms with Crippen LogP contribution >= 0.6 is 11.8 Å². The first-order chi connectivity index (χ1) is 12.5. The average molecular weight is 378 g/mol. The van der Waals surface area contributed by atoms with E-state index in [0.717, 1.165) is 17.7 Å². The van der Waals surface area contributed by atoms with Crippen molar-refractivity contribution in [2.75, 3.05) is 25.4 Å². The molecule has 0 spiro atoms. The lowest BCUT2D eigenvalue weighted by atomic mass is 9.97. The van der Waals surface area contributed by atoms with Crippen LogP contribution in [0.25, 0.3) is 0 Å². The van der Waals surface area contributed by atoms with Crippen molar-refractivity contribution in [3.8, 4) is 0 Å². The SMILES string of the molecule is CC(C)CC(NC(=O)COC(=O)CCN1CCSC1=O)c1ccccc1. The highest BCUT2D eigenvalue weighted by molar-refractivity contribution is 8.13. The molecule has 0 aliphatic carbocycles. The summed E-state index contributed by atoms with van der Waals surface area (Å²) in [7, 11) is 0. The molecule has 1 fully saturated rings. The van der Waals surface area contributed by atoms with Crippen LogP contribution in [0.1, 0.15) is 38.3 Å². The Morgan fingerprint density at radius 3 is 2.62 bits per heavy atom. The van der Waals surface area contributed by atoms with Crippen LogP contribution in [0.2, 0.25) is 0 Å². The number of esters is 1. The van der Waals surface area contributed by atoms with Crippen molar-refractivity contribution in [2.24, 2.45) is 5.92 Å². The highest BCUT2D eigenvalue weighted by atomic mass is 32.2. The number of amides is 2. The molecule has 26 heavy (non-hydrogen) atoms. The molecule has 1 atom stereocenters. The third-order valence-electron chi connectivity index (χ3n) is 4.04. The molecule has 1 aliphatic heterocycles. The molecular weight excluding hydrogens is 352 g/mol. The van der Waals surface area contributed by atoms with Crippen LogP contribution in [0.5, 0.6) is 0 Å². The molecule has 0 aromatic heterocycles. The second kappa shape index (κ2) is 10.2. The molecule has 142 valence electrons. The van der Waals surface area contributed by atoms with E-state index in [1.165, 1.54) is 11.8 Å². The van der Waals surface area contributed by atoms with E-state index >= 15 is 0 Å². The van der Waals surface area contributed by atoms with Gasteiger partial charge in [-0.05, 0) is 17.9 Å². The van der Waals surface area contributed by atoms with Crippen LogP contribution in [0.3, 0.4) is 0 Å². The summed E-state index contributed by atoms with van der Waals surface area (Å²) in [5, 5.41) is 2.94. The standard InChI is InChI=1S/C19H26N2O4S/c1-14(2)12-16(15-6-4-3-5-7-15)20-17(22)13-25-18(23)8-9-21-10-11-26-19(21)24/h3-7,14,16H,8-13H2,1-2H3,(H,20,22). The van der Waals surface area contributed by atoms with E-state index in [0.29, 0.717) is 19.0 Å². The molecule has 6 nitrogen and oxygen atoms in total. The quantitative estimate of drug-likeness (QED) is 0.669. The number of carbonyl (C=O) groups excluding carboxylic acids is 3. The van der Waals surface area contributed by atoms with Gasteiger partial charge in [-0.3, -0.25) is 14.4 Å². The Balaban J connectivity index is 1.76. The van der Waals surface area contributed by atoms with Crippen molar-refractivity contribution in [1.82, 2.24) is 10.2 Å². The van der Waals surface area contributed by atoms with E-state index in [2.05, 4.69) is 19.2 Å². The predicted octanol–water partition coefficient (Wildman–Crippen LogP) is 2.99. The minimum atomic E-state index is -0.468. The summed E-state index contributed by atoms with van der Waals surface area (Å²) in [5.74, 6) is 0.386. The number of carbonyl (C=O) groups is 3. The van der Waals surface area contributed by atoms with Crippen molar-refractivity contribution < 1.29 is 19.1 Å². The first kappa shape index (κ1) is 20.3. The van der Waals surface area contributed by atoms with E-state index in [1.807, 2.05) is 30.3 Å². The third-order valence-corrected chi connectivity index (χ3v) is 4.93. The Hall–Kier alpha value is -2.02. The zero-order valence-corrected chi connectivity index (χ0v) is 16.1. The van der Waals surface area contributed by atoms with Crippen molar-refractivity contribution in [3.63, 3.8) is 0 Å². The first-order valence-electron chi connectivity index (χ1n) is 8.87. The maximum Gasteiger partial charge on any atom is 0.308 e. The number of benzene rings is 1. The van der Waals surface area contributed by atoms with Crippen molar-refractivity contribution in [2.45, 2.75) is 32.7 Å². The minimum Gasteiger partial charge on any atom is -0.456 e. The number of thioether (sulfide) groups is 1. The molecule has 2 amide bonds. The Morgan fingerprint density at radius 1 is 1.27 bits per heavy atom. The van der Waals surface area contributed by atoms with Gasteiger partial charge in [0.25, 0.3) is 11.1 Å². The lowest BCUT2D eigenvalue weighted by molar-refractivity contribution is -0.148. The molecule has 7 heteroatoms. The number of ether oxygens (including phenoxy) is 1. The van der Waals surface area contributed by atoms with E-state index in [1.54, 1.807) is 4.90 Å². The summed E-state index contributed by atoms with van der Waals surface area (Å²) in [4.78, 5) is 37.1. The second-order valence-electron chi connectivity index (χ2n) is 6.67. The molecule has 0 bridgehead atoms. The van der Waals surface area contributed by atoms with Gasteiger partial charge in [-0.2, -0.15) is 0 Å². The first-order valence-corrected chi connectivity index (χ1v) is 9.86. The Bertz CT molecular complexity index is 621. The van der Waals surface area contributed by atoms with Gasteiger partial charge in [0.15, 0.2) is 6.61 Å². The largest absolute Gasteiger partial charge is 0.456 e. The molecule has 2 rings (SSSR count). The fourth-order valence-electron chi connectivity index (χ4n) is 2.74. The zero-order valence-electron chi connectivity index (χ0n) is 15.3. The summed E-state index contributed by atoms with van der Waals surface area (Å²) < 4.78 is 5.04. The normalized spacial score (nSPS) is 15.2. The van der Waals surface area contributed by atoms with Gasteiger partial charge in [-0.25, -0.2) is 0 Å². The van der Waals surface area contributed by atoms with Crippen LogP contribution in [0.4, 0.5) is 4.79 Å². The van der Waals surface area contributed by atoms with Gasteiger partial charge >= 0.3 is 5.97 Å². The second-order valence-corrected chi connectivity index (χ2v) is 7.72. The summed E-state index contributed by atoms with van der Waals surface area (Å²) in [6.07, 6.45) is 0.909. The molecule has 0 radical (unpaired) electrons. The third kappa shape index (κ3) is 6.71. The fraction of sp³-hybridized carbons (Fsp3) is 0.526. The number of nitrogens with zero attached hydrogens (tertiary/aromatic N) is 1. The van der Waals surface area contributed by atoms with Gasteiger partial charge in [-0.1, -0.05) is 55.9 Å². The number of rotatable bonds is 9. The van der Waals surface area contributed by atoms with Crippen molar-refractivity contribution in [3.05, 3.63) is 35.9 Å². The summed E-state index contributed by atoms with van der Waals surface area (Å²) >= 11 is 1.26. The highest BCUT2D eigenvalue weighted by Crippen LogP contribution is 2.21. The fourth-order valence-corrected chi connectivity index (χ4v) is 3.60. The van der Waals surface area contributed by atoms with Gasteiger partial charge in [0.2, 0.25) is 0 Å². The smallest absolute Gasteiger partial charge is 0.308 e. The summed E-state index contributed by atoms with van der Waals surface area (Å²) in [6.45, 7) is 4.89. The van der Waals surface area contributed by atoms with E-state index in [-0.39, 0.29) is 30.2 Å². The van der Waals surface area contributed by atoms with E-state index in [4.69, 9.17) is 4.74 Å². The van der Waals surface area contributed by atoms with Crippen molar-refractivity contribution in [1.29, 1.82) is 0 Å². The van der Waals surface area contributed by atoms with E-state index in [9.17, 15) is 14.4 Å². The lowest BCUT2D eigenvalue weighted by Crippen LogP contribution is -2.33. The molecule has 0 saturated carbocycles. The predicted molar refractivity (Wildman–Crippen MR) is 102 cm³/mol. The molecule has 1 aromatic rings. The Kier molecular flexibility index (Phi) is 7.97. The van der Waals surface area contributed by atoms with Crippen LogP contribution in [0.15, 0.2) is 30.3 Å². The van der Waals surface area contributed by atoms with Crippen LogP contribution < -0.4 is 5.32 Å². The monoisotopic (exact) mass is 378 g/mol. The highest BCUT2D eigenvalue weighted by Gasteiger charge is 2.22. The molecule has 1 aromatic carbocycles. The number of hydrogen-bond acceptors (Lipinski definition) is 5. The summed E-state index contributed by atoms with van der Waals surface area (Å²) in [6, 6.07) is 9.65. The van der Waals surface area contributed by atoms with Gasteiger partial charge < -0.3 is 15.0 Å².